The van der Waals surface area contributed by atoms with Crippen LogP contribution in [0.2, 0.25) is 0 Å². The van der Waals surface area contributed by atoms with Crippen LogP contribution >= 0.6 is 0 Å². The van der Waals surface area contributed by atoms with Crippen molar-refractivity contribution in [2.45, 2.75) is 38.9 Å². The molecular weight excluding hydrogens is 571 g/mol. The van der Waals surface area contributed by atoms with Gasteiger partial charge in [0.25, 0.3) is 0 Å². The van der Waals surface area contributed by atoms with Gasteiger partial charge in [0.05, 0.1) is 13.1 Å². The SMILES string of the molecule is CC1(C)CN(c2ccc(C#Cc3cccc(F)c3)cn2)C(=O)O1.CC1(C)CN(c2ccc(C#Cc3ccccc3)cn2)C(=O)O1. The van der Waals surface area contributed by atoms with Gasteiger partial charge in [0.15, 0.2) is 0 Å². The van der Waals surface area contributed by atoms with Gasteiger partial charge in [-0.3, -0.25) is 9.80 Å². The predicted molar refractivity (Wildman–Crippen MR) is 169 cm³/mol. The van der Waals surface area contributed by atoms with E-state index in [2.05, 4.69) is 33.6 Å². The van der Waals surface area contributed by atoms with Gasteiger partial charge in [-0.05, 0) is 82.3 Å². The van der Waals surface area contributed by atoms with E-state index in [4.69, 9.17) is 9.47 Å². The summed E-state index contributed by atoms with van der Waals surface area (Å²) < 4.78 is 23.6. The summed E-state index contributed by atoms with van der Waals surface area (Å²) in [6, 6.07) is 23.0. The monoisotopic (exact) mass is 602 g/mol. The summed E-state index contributed by atoms with van der Waals surface area (Å²) >= 11 is 0. The number of benzene rings is 2. The number of hydrogen-bond acceptors (Lipinski definition) is 6. The van der Waals surface area contributed by atoms with Crippen LogP contribution in [0.3, 0.4) is 0 Å². The molecule has 45 heavy (non-hydrogen) atoms. The maximum Gasteiger partial charge on any atom is 0.416 e. The lowest BCUT2D eigenvalue weighted by Gasteiger charge is -2.14. The van der Waals surface area contributed by atoms with Crippen LogP contribution < -0.4 is 9.80 Å². The van der Waals surface area contributed by atoms with Gasteiger partial charge in [-0.1, -0.05) is 47.9 Å². The molecule has 2 aromatic carbocycles. The highest BCUT2D eigenvalue weighted by Gasteiger charge is 2.39. The van der Waals surface area contributed by atoms with Crippen molar-refractivity contribution in [2.24, 2.45) is 0 Å². The zero-order chi connectivity index (χ0) is 32.0. The first-order chi connectivity index (χ1) is 21.5. The average molecular weight is 603 g/mol. The lowest BCUT2D eigenvalue weighted by molar-refractivity contribution is 0.0860. The van der Waals surface area contributed by atoms with Gasteiger partial charge >= 0.3 is 12.2 Å². The first-order valence-corrected chi connectivity index (χ1v) is 14.2. The Balaban J connectivity index is 0.000000178. The number of pyridine rings is 2. The fourth-order valence-corrected chi connectivity index (χ4v) is 4.50. The normalized spacial score (nSPS) is 15.8. The molecule has 0 aliphatic carbocycles. The van der Waals surface area contributed by atoms with Crippen molar-refractivity contribution in [3.8, 4) is 23.7 Å². The summed E-state index contributed by atoms with van der Waals surface area (Å²) in [6.45, 7) is 8.41. The molecule has 0 spiro atoms. The Bertz CT molecular complexity index is 1820. The maximum atomic E-state index is 13.1. The van der Waals surface area contributed by atoms with Crippen LogP contribution in [0.4, 0.5) is 25.6 Å². The summed E-state index contributed by atoms with van der Waals surface area (Å²) in [5.74, 6) is 12.7. The van der Waals surface area contributed by atoms with E-state index in [1.807, 2.05) is 64.1 Å². The van der Waals surface area contributed by atoms with Crippen LogP contribution in [0, 0.1) is 29.5 Å². The summed E-state index contributed by atoms with van der Waals surface area (Å²) in [5, 5.41) is 0. The summed E-state index contributed by atoms with van der Waals surface area (Å²) in [7, 11) is 0. The standard InChI is InChI=1S/C18H15FN2O2.C18H16N2O2/c1-18(2)12-21(17(22)23-18)16-9-8-14(11-20-16)7-6-13-4-3-5-15(19)10-13;1-18(2)13-20(17(21)22-18)16-11-10-15(12-19-16)9-8-14-6-4-3-5-7-14/h3-5,8-11H,12H2,1-2H3;3-7,10-12H,13H2,1-2H3. The van der Waals surface area contributed by atoms with Crippen molar-refractivity contribution < 1.29 is 23.5 Å². The third-order valence-corrected chi connectivity index (χ3v) is 6.60. The molecule has 0 unspecified atom stereocenters. The highest BCUT2D eigenvalue weighted by atomic mass is 19.1. The Morgan fingerprint density at radius 2 is 1.09 bits per heavy atom. The van der Waals surface area contributed by atoms with Crippen LogP contribution in [0.5, 0.6) is 0 Å². The maximum absolute atomic E-state index is 13.1. The second-order valence-corrected chi connectivity index (χ2v) is 11.6. The molecule has 2 fully saturated rings. The number of halogens is 1. The molecule has 2 aliphatic heterocycles. The number of cyclic esters (lactones) is 2. The third-order valence-electron chi connectivity index (χ3n) is 6.60. The van der Waals surface area contributed by atoms with Crippen LogP contribution in [-0.2, 0) is 9.47 Å². The molecule has 2 saturated heterocycles. The molecule has 226 valence electrons. The number of hydrogen-bond donors (Lipinski definition) is 0. The van der Waals surface area contributed by atoms with Crippen LogP contribution in [0.1, 0.15) is 49.9 Å². The van der Waals surface area contributed by atoms with E-state index < -0.39 is 17.3 Å². The summed E-state index contributed by atoms with van der Waals surface area (Å²) in [4.78, 5) is 35.2. The minimum atomic E-state index is -0.519. The van der Waals surface area contributed by atoms with Gasteiger partial charge in [0.1, 0.15) is 28.7 Å². The number of aromatic nitrogens is 2. The largest absolute Gasteiger partial charge is 0.441 e. The van der Waals surface area contributed by atoms with E-state index in [0.29, 0.717) is 35.9 Å². The smallest absolute Gasteiger partial charge is 0.416 e. The van der Waals surface area contributed by atoms with E-state index >= 15 is 0 Å². The molecule has 9 heteroatoms. The average Bonchev–Trinajstić information content (AvgIpc) is 3.47. The highest BCUT2D eigenvalue weighted by Crippen LogP contribution is 2.27. The lowest BCUT2D eigenvalue weighted by atomic mass is 10.1. The quantitative estimate of drug-likeness (QED) is 0.241. The highest BCUT2D eigenvalue weighted by molar-refractivity contribution is 5.89. The van der Waals surface area contributed by atoms with Gasteiger partial charge in [0, 0.05) is 34.6 Å². The topological polar surface area (TPSA) is 84.9 Å². The van der Waals surface area contributed by atoms with Crippen LogP contribution in [0.25, 0.3) is 0 Å². The van der Waals surface area contributed by atoms with E-state index in [1.54, 1.807) is 42.7 Å². The molecule has 0 bridgehead atoms. The summed E-state index contributed by atoms with van der Waals surface area (Å²) in [5.41, 5.74) is 2.04. The fraction of sp³-hybridized carbons (Fsp3) is 0.222. The Kier molecular flexibility index (Phi) is 8.83. The molecule has 2 aliphatic rings. The van der Waals surface area contributed by atoms with Crippen molar-refractivity contribution >= 4 is 23.8 Å². The van der Waals surface area contributed by atoms with E-state index in [9.17, 15) is 14.0 Å². The second-order valence-electron chi connectivity index (χ2n) is 11.6. The molecule has 2 aromatic heterocycles. The van der Waals surface area contributed by atoms with Crippen molar-refractivity contribution in [3.05, 3.63) is 119 Å². The molecule has 6 rings (SSSR count). The third kappa shape index (κ3) is 8.25. The first-order valence-electron chi connectivity index (χ1n) is 14.2. The fourth-order valence-electron chi connectivity index (χ4n) is 4.50. The van der Waals surface area contributed by atoms with Crippen molar-refractivity contribution in [1.29, 1.82) is 0 Å². The Morgan fingerprint density at radius 3 is 1.51 bits per heavy atom. The number of carbonyl (C=O) groups excluding carboxylic acids is 2. The van der Waals surface area contributed by atoms with E-state index in [-0.39, 0.29) is 11.9 Å². The summed E-state index contributed by atoms with van der Waals surface area (Å²) in [6.07, 6.45) is 2.49. The predicted octanol–water partition coefficient (Wildman–Crippen LogP) is 6.57. The van der Waals surface area contributed by atoms with Gasteiger partial charge in [-0.15, -0.1) is 0 Å². The van der Waals surface area contributed by atoms with E-state index in [1.165, 1.54) is 21.9 Å². The number of carbonyl (C=O) groups is 2. The Hall–Kier alpha value is -5.67. The van der Waals surface area contributed by atoms with Crippen LogP contribution in [-0.4, -0.2) is 46.4 Å². The number of ether oxygens (including phenoxy) is 2. The molecule has 0 saturated carbocycles. The van der Waals surface area contributed by atoms with Gasteiger partial charge in [0.2, 0.25) is 0 Å². The molecule has 0 atom stereocenters. The van der Waals surface area contributed by atoms with Crippen molar-refractivity contribution in [3.63, 3.8) is 0 Å². The van der Waals surface area contributed by atoms with E-state index in [0.717, 1.165) is 11.1 Å². The van der Waals surface area contributed by atoms with Crippen LogP contribution in [0.15, 0.2) is 91.3 Å². The van der Waals surface area contributed by atoms with Gasteiger partial charge in [-0.2, -0.15) is 0 Å². The zero-order valence-electron chi connectivity index (χ0n) is 25.4. The Labute approximate surface area is 261 Å². The zero-order valence-corrected chi connectivity index (χ0v) is 25.4. The first kappa shape index (κ1) is 30.8. The van der Waals surface area contributed by atoms with Crippen molar-refractivity contribution in [1.82, 2.24) is 9.97 Å². The van der Waals surface area contributed by atoms with Gasteiger partial charge < -0.3 is 9.47 Å². The molecule has 0 radical (unpaired) electrons. The minimum Gasteiger partial charge on any atom is -0.441 e. The number of rotatable bonds is 2. The molecular formula is C36H31FN4O4. The molecule has 0 N–H and O–H groups in total. The van der Waals surface area contributed by atoms with Gasteiger partial charge in [-0.25, -0.2) is 23.9 Å². The molecule has 2 amide bonds. The lowest BCUT2D eigenvalue weighted by Crippen LogP contribution is -2.28. The molecule has 8 nitrogen and oxygen atoms in total. The molecule has 4 aromatic rings. The number of nitrogens with zero attached hydrogens (tertiary/aromatic N) is 4. The number of amides is 2. The minimum absolute atomic E-state index is 0.319. The number of anilines is 2. The second kappa shape index (κ2) is 12.9. The molecule has 4 heterocycles. The van der Waals surface area contributed by atoms with Crippen molar-refractivity contribution in [2.75, 3.05) is 22.9 Å². The Morgan fingerprint density at radius 1 is 0.622 bits per heavy atom.